The van der Waals surface area contributed by atoms with Gasteiger partial charge in [0.05, 0.1) is 13.5 Å². The number of ether oxygens (including phenoxy) is 1. The van der Waals surface area contributed by atoms with Crippen molar-refractivity contribution in [3.63, 3.8) is 0 Å². The van der Waals surface area contributed by atoms with Gasteiger partial charge in [-0.1, -0.05) is 24.3 Å². The molecule has 5 heteroatoms. The average molecular weight is 310 g/mol. The third-order valence-corrected chi connectivity index (χ3v) is 3.68. The molecule has 0 aliphatic carbocycles. The van der Waals surface area contributed by atoms with Crippen LogP contribution in [0.1, 0.15) is 11.1 Å². The standard InChI is InChI=1S/C18H18N2O3/c1-22-16-5-3-2-4-14(16)11-18(21)19-9-8-13-6-7-15-17(10-13)23-12-20-15/h2-7,10,12H,8-9,11H2,1H3,(H,19,21). The first-order valence-corrected chi connectivity index (χ1v) is 7.47. The van der Waals surface area contributed by atoms with Crippen LogP contribution >= 0.6 is 0 Å². The van der Waals surface area contributed by atoms with Crippen LogP contribution in [0.15, 0.2) is 53.3 Å². The van der Waals surface area contributed by atoms with Crippen LogP contribution in [0.2, 0.25) is 0 Å². The Labute approximate surface area is 134 Å². The van der Waals surface area contributed by atoms with Crippen LogP contribution in [-0.4, -0.2) is 24.5 Å². The predicted octanol–water partition coefficient (Wildman–Crippen LogP) is 2.74. The number of hydrogen-bond acceptors (Lipinski definition) is 4. The van der Waals surface area contributed by atoms with E-state index in [4.69, 9.17) is 9.15 Å². The second-order valence-corrected chi connectivity index (χ2v) is 5.24. The summed E-state index contributed by atoms with van der Waals surface area (Å²) in [4.78, 5) is 16.1. The van der Waals surface area contributed by atoms with Crippen LogP contribution in [0, 0.1) is 0 Å². The van der Waals surface area contributed by atoms with Gasteiger partial charge in [-0.2, -0.15) is 0 Å². The van der Waals surface area contributed by atoms with Crippen LogP contribution < -0.4 is 10.1 Å². The van der Waals surface area contributed by atoms with Gasteiger partial charge in [-0.05, 0) is 30.2 Å². The van der Waals surface area contributed by atoms with Gasteiger partial charge in [0, 0.05) is 12.1 Å². The van der Waals surface area contributed by atoms with Crippen molar-refractivity contribution in [1.82, 2.24) is 10.3 Å². The summed E-state index contributed by atoms with van der Waals surface area (Å²) in [5, 5.41) is 2.93. The minimum Gasteiger partial charge on any atom is -0.496 e. The first-order chi connectivity index (χ1) is 11.3. The molecule has 2 aromatic carbocycles. The summed E-state index contributed by atoms with van der Waals surface area (Å²) in [5.41, 5.74) is 3.60. The fraction of sp³-hybridized carbons (Fsp3) is 0.222. The van der Waals surface area contributed by atoms with Crippen molar-refractivity contribution in [1.29, 1.82) is 0 Å². The van der Waals surface area contributed by atoms with Crippen molar-refractivity contribution in [3.05, 3.63) is 60.0 Å². The summed E-state index contributed by atoms with van der Waals surface area (Å²) in [5.74, 6) is 0.716. The van der Waals surface area contributed by atoms with Crippen LogP contribution in [0.5, 0.6) is 5.75 Å². The Kier molecular flexibility index (Phi) is 4.57. The molecule has 118 valence electrons. The number of methoxy groups -OCH3 is 1. The van der Waals surface area contributed by atoms with E-state index in [0.29, 0.717) is 13.0 Å². The number of nitrogens with zero attached hydrogens (tertiary/aromatic N) is 1. The van der Waals surface area contributed by atoms with Gasteiger partial charge in [0.2, 0.25) is 5.91 Å². The molecule has 1 heterocycles. The highest BCUT2D eigenvalue weighted by Crippen LogP contribution is 2.17. The highest BCUT2D eigenvalue weighted by molar-refractivity contribution is 5.79. The molecule has 0 aliphatic heterocycles. The van der Waals surface area contributed by atoms with Crippen molar-refractivity contribution < 1.29 is 13.9 Å². The van der Waals surface area contributed by atoms with Gasteiger partial charge < -0.3 is 14.5 Å². The normalized spacial score (nSPS) is 10.7. The molecule has 0 bridgehead atoms. The Bertz CT molecular complexity index is 811. The molecule has 1 N–H and O–H groups in total. The highest BCUT2D eigenvalue weighted by Gasteiger charge is 2.08. The zero-order valence-electron chi connectivity index (χ0n) is 12.9. The Morgan fingerprint density at radius 1 is 1.26 bits per heavy atom. The molecular weight excluding hydrogens is 292 g/mol. The Morgan fingerprint density at radius 3 is 3.00 bits per heavy atom. The third-order valence-electron chi connectivity index (χ3n) is 3.68. The molecule has 0 fully saturated rings. The lowest BCUT2D eigenvalue weighted by molar-refractivity contribution is -0.120. The van der Waals surface area contributed by atoms with Crippen LogP contribution in [-0.2, 0) is 17.6 Å². The third kappa shape index (κ3) is 3.69. The van der Waals surface area contributed by atoms with E-state index in [0.717, 1.165) is 34.4 Å². The second kappa shape index (κ2) is 6.96. The van der Waals surface area contributed by atoms with Crippen molar-refractivity contribution >= 4 is 17.0 Å². The van der Waals surface area contributed by atoms with Gasteiger partial charge in [-0.25, -0.2) is 4.98 Å². The van der Waals surface area contributed by atoms with E-state index in [1.807, 2.05) is 42.5 Å². The SMILES string of the molecule is COc1ccccc1CC(=O)NCCc1ccc2ncoc2c1. The van der Waals surface area contributed by atoms with E-state index in [1.165, 1.54) is 6.39 Å². The van der Waals surface area contributed by atoms with Crippen LogP contribution in [0.25, 0.3) is 11.1 Å². The molecule has 3 aromatic rings. The summed E-state index contributed by atoms with van der Waals surface area (Å²) >= 11 is 0. The smallest absolute Gasteiger partial charge is 0.224 e. The minimum absolute atomic E-state index is 0.0183. The molecule has 0 saturated heterocycles. The number of hydrogen-bond donors (Lipinski definition) is 1. The first-order valence-electron chi connectivity index (χ1n) is 7.47. The number of benzene rings is 2. The van der Waals surface area contributed by atoms with Crippen LogP contribution in [0.3, 0.4) is 0 Å². The molecule has 0 spiro atoms. The monoisotopic (exact) mass is 310 g/mol. The number of aromatic nitrogens is 1. The Hall–Kier alpha value is -2.82. The van der Waals surface area contributed by atoms with Crippen LogP contribution in [0.4, 0.5) is 0 Å². The summed E-state index contributed by atoms with van der Waals surface area (Å²) in [6.07, 6.45) is 2.49. The zero-order valence-corrected chi connectivity index (χ0v) is 12.9. The van der Waals surface area contributed by atoms with Gasteiger partial charge in [0.15, 0.2) is 12.0 Å². The van der Waals surface area contributed by atoms with Gasteiger partial charge >= 0.3 is 0 Å². The van der Waals surface area contributed by atoms with E-state index in [2.05, 4.69) is 10.3 Å². The maximum Gasteiger partial charge on any atom is 0.224 e. The van der Waals surface area contributed by atoms with E-state index in [-0.39, 0.29) is 5.91 Å². The molecular formula is C18H18N2O3. The Balaban J connectivity index is 1.52. The number of oxazole rings is 1. The van der Waals surface area contributed by atoms with E-state index in [1.54, 1.807) is 7.11 Å². The fourth-order valence-electron chi connectivity index (χ4n) is 2.49. The fourth-order valence-corrected chi connectivity index (χ4v) is 2.49. The minimum atomic E-state index is -0.0183. The maximum atomic E-state index is 12.0. The molecule has 23 heavy (non-hydrogen) atoms. The lowest BCUT2D eigenvalue weighted by atomic mass is 10.1. The largest absolute Gasteiger partial charge is 0.496 e. The van der Waals surface area contributed by atoms with Gasteiger partial charge in [0.25, 0.3) is 0 Å². The molecule has 0 radical (unpaired) electrons. The number of nitrogens with one attached hydrogen (secondary N) is 1. The van der Waals surface area contributed by atoms with E-state index >= 15 is 0 Å². The predicted molar refractivity (Wildman–Crippen MR) is 87.4 cm³/mol. The number of amides is 1. The van der Waals surface area contributed by atoms with Crippen molar-refractivity contribution in [3.8, 4) is 5.75 Å². The highest BCUT2D eigenvalue weighted by atomic mass is 16.5. The van der Waals surface area contributed by atoms with Crippen molar-refractivity contribution in [2.75, 3.05) is 13.7 Å². The lowest BCUT2D eigenvalue weighted by Crippen LogP contribution is -2.27. The second-order valence-electron chi connectivity index (χ2n) is 5.24. The summed E-state index contributed by atoms with van der Waals surface area (Å²) < 4.78 is 10.5. The molecule has 1 amide bonds. The quantitative estimate of drug-likeness (QED) is 0.760. The molecule has 0 saturated carbocycles. The molecule has 5 nitrogen and oxygen atoms in total. The van der Waals surface area contributed by atoms with Crippen molar-refractivity contribution in [2.45, 2.75) is 12.8 Å². The number of para-hydroxylation sites is 1. The summed E-state index contributed by atoms with van der Waals surface area (Å²) in [6.45, 7) is 0.577. The number of rotatable bonds is 6. The topological polar surface area (TPSA) is 64.4 Å². The average Bonchev–Trinajstić information content (AvgIpc) is 3.03. The van der Waals surface area contributed by atoms with Gasteiger partial charge in [-0.15, -0.1) is 0 Å². The Morgan fingerprint density at radius 2 is 2.13 bits per heavy atom. The number of carbonyl (C=O) groups is 1. The van der Waals surface area contributed by atoms with E-state index in [9.17, 15) is 4.79 Å². The van der Waals surface area contributed by atoms with Gasteiger partial charge in [-0.3, -0.25) is 4.79 Å². The molecule has 0 aliphatic rings. The number of fused-ring (bicyclic) bond motifs is 1. The molecule has 0 unspecified atom stereocenters. The summed E-state index contributed by atoms with van der Waals surface area (Å²) in [6, 6.07) is 13.4. The summed E-state index contributed by atoms with van der Waals surface area (Å²) in [7, 11) is 1.61. The molecule has 3 rings (SSSR count). The molecule has 1 aromatic heterocycles. The first kappa shape index (κ1) is 15.1. The maximum absolute atomic E-state index is 12.0. The number of carbonyl (C=O) groups excluding carboxylic acids is 1. The zero-order chi connectivity index (χ0) is 16.1. The van der Waals surface area contributed by atoms with E-state index < -0.39 is 0 Å². The lowest BCUT2D eigenvalue weighted by Gasteiger charge is -2.09. The van der Waals surface area contributed by atoms with Gasteiger partial charge in [0.1, 0.15) is 11.3 Å². The van der Waals surface area contributed by atoms with Crippen molar-refractivity contribution in [2.24, 2.45) is 0 Å². The molecule has 0 atom stereocenters.